The molecule has 1 heteroatoms. The predicted molar refractivity (Wildman–Crippen MR) is 56.0 cm³/mol. The molecule has 70 valence electrons. The van der Waals surface area contributed by atoms with Gasteiger partial charge in [-0.2, -0.15) is 0 Å². The Morgan fingerprint density at radius 3 is 2.62 bits per heavy atom. The summed E-state index contributed by atoms with van der Waals surface area (Å²) >= 11 is 0. The number of benzene rings is 1. The van der Waals surface area contributed by atoms with Crippen molar-refractivity contribution in [2.75, 3.05) is 0 Å². The molecule has 13 heavy (non-hydrogen) atoms. The standard InChI is InChI=1S/C12H16O/c1-9(2)8-10(3)11-6-4-5-7-12(11)13/h4-7,10,13H,1,8H2,2-3H3. The normalized spacial score (nSPS) is 12.5. The molecule has 1 unspecified atom stereocenters. The van der Waals surface area contributed by atoms with E-state index in [1.165, 1.54) is 0 Å². The van der Waals surface area contributed by atoms with Crippen LogP contribution in [-0.4, -0.2) is 5.11 Å². The summed E-state index contributed by atoms with van der Waals surface area (Å²) in [5.41, 5.74) is 2.15. The summed E-state index contributed by atoms with van der Waals surface area (Å²) in [6.45, 7) is 7.98. The van der Waals surface area contributed by atoms with Crippen molar-refractivity contribution in [3.05, 3.63) is 42.0 Å². The molecule has 0 amide bonds. The highest BCUT2D eigenvalue weighted by atomic mass is 16.3. The highest BCUT2D eigenvalue weighted by Gasteiger charge is 2.08. The van der Waals surface area contributed by atoms with Gasteiger partial charge >= 0.3 is 0 Å². The average molecular weight is 176 g/mol. The number of rotatable bonds is 3. The largest absolute Gasteiger partial charge is 0.508 e. The molecule has 0 saturated carbocycles. The van der Waals surface area contributed by atoms with Crippen LogP contribution in [0, 0.1) is 0 Å². The molecule has 1 rings (SSSR count). The predicted octanol–water partition coefficient (Wildman–Crippen LogP) is 3.46. The molecule has 0 aromatic heterocycles. The SMILES string of the molecule is C=C(C)CC(C)c1ccccc1O. The molecule has 0 aliphatic rings. The van der Waals surface area contributed by atoms with Crippen molar-refractivity contribution < 1.29 is 5.11 Å². The zero-order chi connectivity index (χ0) is 9.84. The van der Waals surface area contributed by atoms with Crippen molar-refractivity contribution in [2.24, 2.45) is 0 Å². The molecule has 1 nitrogen and oxygen atoms in total. The van der Waals surface area contributed by atoms with Gasteiger partial charge in [-0.3, -0.25) is 0 Å². The fourth-order valence-electron chi connectivity index (χ4n) is 1.54. The van der Waals surface area contributed by atoms with Crippen LogP contribution in [0.1, 0.15) is 31.7 Å². The molecule has 1 atom stereocenters. The number of hydrogen-bond acceptors (Lipinski definition) is 1. The first-order chi connectivity index (χ1) is 6.11. The molecular weight excluding hydrogens is 160 g/mol. The van der Waals surface area contributed by atoms with Gasteiger partial charge in [-0.25, -0.2) is 0 Å². The zero-order valence-electron chi connectivity index (χ0n) is 8.25. The molecule has 0 radical (unpaired) electrons. The van der Waals surface area contributed by atoms with Gasteiger partial charge in [-0.1, -0.05) is 30.7 Å². The second kappa shape index (κ2) is 4.13. The monoisotopic (exact) mass is 176 g/mol. The Balaban J connectivity index is 2.82. The van der Waals surface area contributed by atoms with Gasteiger partial charge in [0.05, 0.1) is 0 Å². The van der Waals surface area contributed by atoms with Crippen LogP contribution in [0.15, 0.2) is 36.4 Å². The molecule has 1 aromatic carbocycles. The van der Waals surface area contributed by atoms with Gasteiger partial charge in [-0.15, -0.1) is 6.58 Å². The van der Waals surface area contributed by atoms with E-state index in [0.717, 1.165) is 17.6 Å². The third-order valence-electron chi connectivity index (χ3n) is 2.12. The maximum absolute atomic E-state index is 9.56. The van der Waals surface area contributed by atoms with Gasteiger partial charge in [-0.05, 0) is 30.9 Å². The quantitative estimate of drug-likeness (QED) is 0.699. The maximum Gasteiger partial charge on any atom is 0.119 e. The van der Waals surface area contributed by atoms with Crippen LogP contribution in [0.4, 0.5) is 0 Å². The lowest BCUT2D eigenvalue weighted by molar-refractivity contribution is 0.462. The fourth-order valence-corrected chi connectivity index (χ4v) is 1.54. The first kappa shape index (κ1) is 9.85. The number of hydrogen-bond donors (Lipinski definition) is 1. The summed E-state index contributed by atoms with van der Waals surface area (Å²) in [5, 5.41) is 9.56. The smallest absolute Gasteiger partial charge is 0.119 e. The molecule has 1 N–H and O–H groups in total. The molecule has 0 saturated heterocycles. The third-order valence-corrected chi connectivity index (χ3v) is 2.12. The van der Waals surface area contributed by atoms with Gasteiger partial charge in [0.2, 0.25) is 0 Å². The summed E-state index contributed by atoms with van der Waals surface area (Å²) < 4.78 is 0. The van der Waals surface area contributed by atoms with E-state index in [-0.39, 0.29) is 0 Å². The van der Waals surface area contributed by atoms with Crippen molar-refractivity contribution >= 4 is 0 Å². The van der Waals surface area contributed by atoms with E-state index in [9.17, 15) is 5.11 Å². The number of phenols is 1. The van der Waals surface area contributed by atoms with E-state index in [2.05, 4.69) is 13.5 Å². The van der Waals surface area contributed by atoms with Crippen molar-refractivity contribution in [2.45, 2.75) is 26.2 Å². The van der Waals surface area contributed by atoms with Crippen LogP contribution < -0.4 is 0 Å². The van der Waals surface area contributed by atoms with Crippen molar-refractivity contribution in [1.82, 2.24) is 0 Å². The minimum atomic E-state index is 0.346. The molecular formula is C12H16O. The van der Waals surface area contributed by atoms with Gasteiger partial charge in [0.15, 0.2) is 0 Å². The van der Waals surface area contributed by atoms with E-state index in [1.54, 1.807) is 6.07 Å². The molecule has 0 spiro atoms. The Bertz CT molecular complexity index is 302. The van der Waals surface area contributed by atoms with Crippen LogP contribution >= 0.6 is 0 Å². The summed E-state index contributed by atoms with van der Waals surface area (Å²) in [7, 11) is 0. The number of allylic oxidation sites excluding steroid dienone is 1. The van der Waals surface area contributed by atoms with Gasteiger partial charge in [0.25, 0.3) is 0 Å². The van der Waals surface area contributed by atoms with Crippen molar-refractivity contribution in [3.63, 3.8) is 0 Å². The lowest BCUT2D eigenvalue weighted by atomic mass is 9.94. The van der Waals surface area contributed by atoms with Crippen LogP contribution in [0.3, 0.4) is 0 Å². The van der Waals surface area contributed by atoms with Crippen LogP contribution in [0.5, 0.6) is 5.75 Å². The molecule has 0 fully saturated rings. The Hall–Kier alpha value is -1.24. The number of para-hydroxylation sites is 1. The second-order valence-corrected chi connectivity index (χ2v) is 3.62. The molecule has 1 aromatic rings. The number of phenolic OH excluding ortho intramolecular Hbond substituents is 1. The van der Waals surface area contributed by atoms with E-state index < -0.39 is 0 Å². The van der Waals surface area contributed by atoms with Gasteiger partial charge in [0.1, 0.15) is 5.75 Å². The second-order valence-electron chi connectivity index (χ2n) is 3.62. The van der Waals surface area contributed by atoms with E-state index in [1.807, 2.05) is 25.1 Å². The average Bonchev–Trinajstić information content (AvgIpc) is 2.03. The highest BCUT2D eigenvalue weighted by Crippen LogP contribution is 2.28. The Kier molecular flexibility index (Phi) is 3.13. The Morgan fingerprint density at radius 1 is 1.46 bits per heavy atom. The fraction of sp³-hybridized carbons (Fsp3) is 0.333. The Morgan fingerprint density at radius 2 is 2.08 bits per heavy atom. The molecule has 0 heterocycles. The number of aromatic hydroxyl groups is 1. The van der Waals surface area contributed by atoms with E-state index >= 15 is 0 Å². The maximum atomic E-state index is 9.56. The van der Waals surface area contributed by atoms with Gasteiger partial charge in [0, 0.05) is 0 Å². The van der Waals surface area contributed by atoms with Crippen molar-refractivity contribution in [1.29, 1.82) is 0 Å². The molecule has 0 aliphatic heterocycles. The van der Waals surface area contributed by atoms with Crippen molar-refractivity contribution in [3.8, 4) is 5.75 Å². The summed E-state index contributed by atoms with van der Waals surface area (Å²) in [6.07, 6.45) is 0.928. The summed E-state index contributed by atoms with van der Waals surface area (Å²) in [5.74, 6) is 0.731. The lowest BCUT2D eigenvalue weighted by Gasteiger charge is -2.12. The van der Waals surface area contributed by atoms with E-state index in [4.69, 9.17) is 0 Å². The minimum Gasteiger partial charge on any atom is -0.508 e. The Labute approximate surface area is 79.7 Å². The zero-order valence-corrected chi connectivity index (χ0v) is 8.25. The first-order valence-corrected chi connectivity index (χ1v) is 4.53. The van der Waals surface area contributed by atoms with Gasteiger partial charge < -0.3 is 5.11 Å². The summed E-state index contributed by atoms with van der Waals surface area (Å²) in [4.78, 5) is 0. The lowest BCUT2D eigenvalue weighted by Crippen LogP contribution is -1.94. The minimum absolute atomic E-state index is 0.346. The van der Waals surface area contributed by atoms with Crippen LogP contribution in [-0.2, 0) is 0 Å². The highest BCUT2D eigenvalue weighted by molar-refractivity contribution is 5.35. The topological polar surface area (TPSA) is 20.2 Å². The van der Waals surface area contributed by atoms with E-state index in [0.29, 0.717) is 11.7 Å². The molecule has 0 bridgehead atoms. The third kappa shape index (κ3) is 2.62. The van der Waals surface area contributed by atoms with Crippen LogP contribution in [0.2, 0.25) is 0 Å². The first-order valence-electron chi connectivity index (χ1n) is 4.53. The molecule has 0 aliphatic carbocycles. The van der Waals surface area contributed by atoms with Crippen LogP contribution in [0.25, 0.3) is 0 Å². The summed E-state index contributed by atoms with van der Waals surface area (Å²) in [6, 6.07) is 7.48.